The largest absolute Gasteiger partial charge is 0.317 e. The molecule has 0 rings (SSSR count). The number of rotatable bonds is 6. The third-order valence-electron chi connectivity index (χ3n) is 2.57. The van der Waals surface area contributed by atoms with E-state index in [1.54, 1.807) is 0 Å². The van der Waals surface area contributed by atoms with Crippen LogP contribution in [0, 0.1) is 0 Å². The molecule has 1 N–H and O–H groups in total. The van der Waals surface area contributed by atoms with Crippen molar-refractivity contribution in [3.63, 3.8) is 0 Å². The molecule has 0 aliphatic carbocycles. The summed E-state index contributed by atoms with van der Waals surface area (Å²) in [6, 6.07) is 0.675. The lowest BCUT2D eigenvalue weighted by Gasteiger charge is -2.21. The zero-order chi connectivity index (χ0) is 9.61. The fourth-order valence-electron chi connectivity index (χ4n) is 1.10. The average molecular weight is 283 g/mol. The monoisotopic (exact) mass is 283 g/mol. The molecule has 0 aliphatic rings. The minimum Gasteiger partial charge on any atom is -0.317 e. The normalized spacial score (nSPS) is 18.8. The zero-order valence-corrected chi connectivity index (χ0v) is 10.9. The van der Waals surface area contributed by atoms with Crippen molar-refractivity contribution in [1.29, 1.82) is 0 Å². The van der Waals surface area contributed by atoms with Crippen LogP contribution in [0.3, 0.4) is 0 Å². The predicted octanol–water partition coefficient (Wildman–Crippen LogP) is 3.37. The molecule has 0 radical (unpaired) electrons. The Balaban J connectivity index is 3.42. The topological polar surface area (TPSA) is 12.0 Å². The van der Waals surface area contributed by atoms with E-state index in [0.717, 1.165) is 0 Å². The van der Waals surface area contributed by atoms with Gasteiger partial charge in [0.25, 0.3) is 0 Å². The van der Waals surface area contributed by atoms with Crippen LogP contribution < -0.4 is 5.32 Å². The van der Waals surface area contributed by atoms with E-state index in [2.05, 4.69) is 48.7 Å². The van der Waals surface area contributed by atoms with Gasteiger partial charge in [-0.2, -0.15) is 0 Å². The highest BCUT2D eigenvalue weighted by Crippen LogP contribution is 2.28. The lowest BCUT2D eigenvalue weighted by atomic mass is 10.00. The van der Waals surface area contributed by atoms with Crippen molar-refractivity contribution in [2.45, 2.75) is 55.9 Å². The molecular formula is C10H22IN. The fourth-order valence-corrected chi connectivity index (χ4v) is 1.48. The van der Waals surface area contributed by atoms with Crippen molar-refractivity contribution in [2.75, 3.05) is 7.05 Å². The summed E-state index contributed by atoms with van der Waals surface area (Å²) in [6.07, 6.45) is 5.27. The molecule has 1 nitrogen and oxygen atoms in total. The van der Waals surface area contributed by atoms with Crippen molar-refractivity contribution < 1.29 is 0 Å². The Kier molecular flexibility index (Phi) is 6.55. The van der Waals surface area contributed by atoms with E-state index in [9.17, 15) is 0 Å². The van der Waals surface area contributed by atoms with Gasteiger partial charge in [-0.25, -0.2) is 0 Å². The molecule has 0 aromatic heterocycles. The average Bonchev–Trinajstić information content (AvgIpc) is 2.04. The van der Waals surface area contributed by atoms with E-state index >= 15 is 0 Å². The second kappa shape index (κ2) is 6.19. The molecule has 0 spiro atoms. The summed E-state index contributed by atoms with van der Waals surface area (Å²) in [5, 5.41) is 3.27. The molecule has 0 saturated heterocycles. The molecule has 0 fully saturated rings. The van der Waals surface area contributed by atoms with E-state index in [1.165, 1.54) is 25.7 Å². The van der Waals surface area contributed by atoms with Gasteiger partial charge in [-0.3, -0.25) is 0 Å². The van der Waals surface area contributed by atoms with Gasteiger partial charge in [-0.1, -0.05) is 42.9 Å². The smallest absolute Gasteiger partial charge is 0.0191 e. The maximum Gasteiger partial charge on any atom is 0.0191 e. The molecule has 0 aromatic rings. The highest BCUT2D eigenvalue weighted by molar-refractivity contribution is 14.1. The minimum absolute atomic E-state index is 0.519. The molecule has 12 heavy (non-hydrogen) atoms. The lowest BCUT2D eigenvalue weighted by Crippen LogP contribution is -2.22. The first-order chi connectivity index (χ1) is 5.52. The molecule has 0 aromatic carbocycles. The third-order valence-corrected chi connectivity index (χ3v) is 3.87. The Morgan fingerprint density at radius 2 is 2.08 bits per heavy atom. The van der Waals surface area contributed by atoms with E-state index in [0.29, 0.717) is 9.46 Å². The summed E-state index contributed by atoms with van der Waals surface area (Å²) >= 11 is 2.58. The quantitative estimate of drug-likeness (QED) is 0.582. The molecular weight excluding hydrogens is 261 g/mol. The van der Waals surface area contributed by atoms with Gasteiger partial charge >= 0.3 is 0 Å². The van der Waals surface area contributed by atoms with Crippen LogP contribution in [0.15, 0.2) is 0 Å². The summed E-state index contributed by atoms with van der Waals surface area (Å²) in [6.45, 7) is 6.86. The van der Waals surface area contributed by atoms with Gasteiger partial charge in [0.05, 0.1) is 0 Å². The standard InChI is InChI=1S/C10H22IN/c1-5-10(3,11)8-6-7-9(2)12-4/h9,12H,5-8H2,1-4H3/t9-,10?/m0/s1. The van der Waals surface area contributed by atoms with Gasteiger partial charge in [-0.15, -0.1) is 0 Å². The SMILES string of the molecule is CCC(C)(I)CCC[C@H](C)NC. The van der Waals surface area contributed by atoms with Crippen LogP contribution in [0.25, 0.3) is 0 Å². The maximum atomic E-state index is 3.27. The van der Waals surface area contributed by atoms with Gasteiger partial charge in [0.1, 0.15) is 0 Å². The second-order valence-electron chi connectivity index (χ2n) is 3.85. The zero-order valence-electron chi connectivity index (χ0n) is 8.78. The van der Waals surface area contributed by atoms with E-state index in [-0.39, 0.29) is 0 Å². The van der Waals surface area contributed by atoms with Crippen LogP contribution in [0.2, 0.25) is 0 Å². The Labute approximate surface area is 90.8 Å². The van der Waals surface area contributed by atoms with Gasteiger partial charge in [0, 0.05) is 9.46 Å². The summed E-state index contributed by atoms with van der Waals surface area (Å²) in [5.41, 5.74) is 0. The highest BCUT2D eigenvalue weighted by Gasteiger charge is 2.16. The van der Waals surface area contributed by atoms with Crippen molar-refractivity contribution in [1.82, 2.24) is 5.32 Å². The van der Waals surface area contributed by atoms with Gasteiger partial charge < -0.3 is 5.32 Å². The lowest BCUT2D eigenvalue weighted by molar-refractivity contribution is 0.488. The summed E-state index contributed by atoms with van der Waals surface area (Å²) in [4.78, 5) is 0. The summed E-state index contributed by atoms with van der Waals surface area (Å²) in [7, 11) is 2.04. The fraction of sp³-hybridized carbons (Fsp3) is 1.00. The number of hydrogen-bond donors (Lipinski definition) is 1. The Hall–Kier alpha value is 0.690. The predicted molar refractivity (Wildman–Crippen MR) is 65.1 cm³/mol. The van der Waals surface area contributed by atoms with Crippen molar-refractivity contribution in [3.8, 4) is 0 Å². The molecule has 74 valence electrons. The van der Waals surface area contributed by atoms with Crippen LogP contribution in [0.4, 0.5) is 0 Å². The molecule has 2 atom stereocenters. The van der Waals surface area contributed by atoms with Gasteiger partial charge in [0.2, 0.25) is 0 Å². The van der Waals surface area contributed by atoms with Crippen LogP contribution in [0.5, 0.6) is 0 Å². The first kappa shape index (κ1) is 12.7. The van der Waals surface area contributed by atoms with Gasteiger partial charge in [0.15, 0.2) is 0 Å². The Morgan fingerprint density at radius 3 is 2.50 bits per heavy atom. The number of halogens is 1. The van der Waals surface area contributed by atoms with Gasteiger partial charge in [-0.05, 0) is 33.2 Å². The number of nitrogens with one attached hydrogen (secondary N) is 1. The number of alkyl halides is 1. The van der Waals surface area contributed by atoms with Crippen molar-refractivity contribution >= 4 is 22.6 Å². The Morgan fingerprint density at radius 1 is 1.50 bits per heavy atom. The molecule has 0 saturated carbocycles. The highest BCUT2D eigenvalue weighted by atomic mass is 127. The summed E-state index contributed by atoms with van der Waals surface area (Å²) < 4.78 is 0.519. The Bertz CT molecular complexity index is 112. The number of hydrogen-bond acceptors (Lipinski definition) is 1. The molecule has 1 unspecified atom stereocenters. The molecule has 0 bridgehead atoms. The first-order valence-electron chi connectivity index (χ1n) is 4.88. The van der Waals surface area contributed by atoms with Crippen LogP contribution in [-0.2, 0) is 0 Å². The molecule has 0 heterocycles. The second-order valence-corrected chi connectivity index (χ2v) is 6.45. The van der Waals surface area contributed by atoms with E-state index in [4.69, 9.17) is 0 Å². The van der Waals surface area contributed by atoms with Crippen LogP contribution in [0.1, 0.15) is 46.5 Å². The van der Waals surface area contributed by atoms with Crippen molar-refractivity contribution in [3.05, 3.63) is 0 Å². The van der Waals surface area contributed by atoms with E-state index < -0.39 is 0 Å². The minimum atomic E-state index is 0.519. The maximum absolute atomic E-state index is 3.27. The molecule has 2 heteroatoms. The van der Waals surface area contributed by atoms with Crippen LogP contribution >= 0.6 is 22.6 Å². The summed E-state index contributed by atoms with van der Waals surface area (Å²) in [5.74, 6) is 0. The van der Waals surface area contributed by atoms with Crippen molar-refractivity contribution in [2.24, 2.45) is 0 Å². The van der Waals surface area contributed by atoms with E-state index in [1.807, 2.05) is 7.05 Å². The third kappa shape index (κ3) is 6.23. The molecule has 0 aliphatic heterocycles. The molecule has 0 amide bonds. The van der Waals surface area contributed by atoms with Crippen LogP contribution in [-0.4, -0.2) is 16.5 Å². The first-order valence-corrected chi connectivity index (χ1v) is 5.96.